The van der Waals surface area contributed by atoms with Gasteiger partial charge in [0.25, 0.3) is 5.91 Å². The number of benzene rings is 2. The van der Waals surface area contributed by atoms with Crippen molar-refractivity contribution in [1.29, 1.82) is 0 Å². The van der Waals surface area contributed by atoms with Crippen LogP contribution in [0, 0.1) is 0 Å². The largest absolute Gasteiger partial charge is 0.454 e. The molecule has 2 aromatic rings. The minimum atomic E-state index is -0.302. The van der Waals surface area contributed by atoms with Crippen LogP contribution in [0.4, 0.5) is 5.69 Å². The highest BCUT2D eigenvalue weighted by molar-refractivity contribution is 6.02. The van der Waals surface area contributed by atoms with E-state index < -0.39 is 0 Å². The van der Waals surface area contributed by atoms with Gasteiger partial charge in [0.2, 0.25) is 12.7 Å². The standard InChI is InChI=1S/C21H22N2O4/c1-21(2,3)23-20(25)15-6-8-16(9-7-15)22-19(24)11-5-14-4-10-17-18(12-14)27-13-26-17/h4-12H,13H2,1-3H3,(H,22,24)(H,23,25)/b11-5+. The summed E-state index contributed by atoms with van der Waals surface area (Å²) in [6, 6.07) is 12.2. The van der Waals surface area contributed by atoms with Gasteiger partial charge in [0, 0.05) is 22.9 Å². The maximum absolute atomic E-state index is 12.1. The zero-order valence-corrected chi connectivity index (χ0v) is 15.5. The van der Waals surface area contributed by atoms with Crippen molar-refractivity contribution in [3.63, 3.8) is 0 Å². The molecule has 1 aliphatic heterocycles. The fourth-order valence-corrected chi connectivity index (χ4v) is 2.49. The zero-order chi connectivity index (χ0) is 19.4. The third kappa shape index (κ3) is 5.10. The van der Waals surface area contributed by atoms with Crippen LogP contribution in [0.3, 0.4) is 0 Å². The average molecular weight is 366 g/mol. The molecular formula is C21H22N2O4. The van der Waals surface area contributed by atoms with E-state index in [0.29, 0.717) is 22.7 Å². The monoisotopic (exact) mass is 366 g/mol. The van der Waals surface area contributed by atoms with E-state index in [1.54, 1.807) is 36.4 Å². The summed E-state index contributed by atoms with van der Waals surface area (Å²) in [4.78, 5) is 24.2. The summed E-state index contributed by atoms with van der Waals surface area (Å²) in [7, 11) is 0. The van der Waals surface area contributed by atoms with Crippen molar-refractivity contribution in [2.24, 2.45) is 0 Å². The summed E-state index contributed by atoms with van der Waals surface area (Å²) in [5.74, 6) is 0.955. The summed E-state index contributed by atoms with van der Waals surface area (Å²) < 4.78 is 10.6. The molecule has 0 aromatic heterocycles. The number of anilines is 1. The van der Waals surface area contributed by atoms with Crippen LogP contribution < -0.4 is 20.1 Å². The maximum atomic E-state index is 12.1. The first kappa shape index (κ1) is 18.5. The SMILES string of the molecule is CC(C)(C)NC(=O)c1ccc(NC(=O)/C=C/c2ccc3c(c2)OCO3)cc1. The Kier molecular flexibility index (Phi) is 5.16. The predicted octanol–water partition coefficient (Wildman–Crippen LogP) is 3.60. The Morgan fingerprint density at radius 2 is 1.70 bits per heavy atom. The quantitative estimate of drug-likeness (QED) is 0.811. The molecule has 2 aromatic carbocycles. The Bertz CT molecular complexity index is 880. The van der Waals surface area contributed by atoms with Gasteiger partial charge in [0.05, 0.1) is 0 Å². The van der Waals surface area contributed by atoms with Crippen LogP contribution in [0.5, 0.6) is 11.5 Å². The molecule has 140 valence electrons. The van der Waals surface area contributed by atoms with Crippen molar-refractivity contribution in [2.75, 3.05) is 12.1 Å². The van der Waals surface area contributed by atoms with E-state index in [0.717, 1.165) is 5.56 Å². The van der Waals surface area contributed by atoms with Crippen molar-refractivity contribution >= 4 is 23.6 Å². The summed E-state index contributed by atoms with van der Waals surface area (Å²) in [6.45, 7) is 5.98. The number of carbonyl (C=O) groups excluding carboxylic acids is 2. The second-order valence-electron chi connectivity index (χ2n) is 7.22. The molecule has 0 saturated carbocycles. The lowest BCUT2D eigenvalue weighted by atomic mass is 10.1. The van der Waals surface area contributed by atoms with Gasteiger partial charge in [0.15, 0.2) is 11.5 Å². The van der Waals surface area contributed by atoms with Gasteiger partial charge in [0.1, 0.15) is 0 Å². The molecular weight excluding hydrogens is 344 g/mol. The first-order chi connectivity index (χ1) is 12.8. The highest BCUT2D eigenvalue weighted by Gasteiger charge is 2.15. The fraction of sp³-hybridized carbons (Fsp3) is 0.238. The lowest BCUT2D eigenvalue weighted by Gasteiger charge is -2.20. The molecule has 1 aliphatic rings. The van der Waals surface area contributed by atoms with Gasteiger partial charge in [-0.25, -0.2) is 0 Å². The smallest absolute Gasteiger partial charge is 0.251 e. The van der Waals surface area contributed by atoms with Crippen molar-refractivity contribution in [3.05, 3.63) is 59.7 Å². The maximum Gasteiger partial charge on any atom is 0.251 e. The van der Waals surface area contributed by atoms with Gasteiger partial charge in [-0.2, -0.15) is 0 Å². The Hall–Kier alpha value is -3.28. The van der Waals surface area contributed by atoms with Crippen LogP contribution in [0.1, 0.15) is 36.7 Å². The number of rotatable bonds is 4. The first-order valence-corrected chi connectivity index (χ1v) is 8.61. The zero-order valence-electron chi connectivity index (χ0n) is 15.5. The number of hydrogen-bond donors (Lipinski definition) is 2. The molecule has 0 bridgehead atoms. The molecule has 0 saturated heterocycles. The Balaban J connectivity index is 1.58. The number of amides is 2. The molecule has 6 heteroatoms. The molecule has 6 nitrogen and oxygen atoms in total. The first-order valence-electron chi connectivity index (χ1n) is 8.61. The molecule has 2 amide bonds. The van der Waals surface area contributed by atoms with Crippen LogP contribution in [-0.2, 0) is 4.79 Å². The van der Waals surface area contributed by atoms with Crippen LogP contribution in [0.15, 0.2) is 48.5 Å². The Morgan fingerprint density at radius 3 is 2.41 bits per heavy atom. The third-order valence-electron chi connectivity index (χ3n) is 3.73. The lowest BCUT2D eigenvalue weighted by Crippen LogP contribution is -2.40. The van der Waals surface area contributed by atoms with E-state index in [9.17, 15) is 9.59 Å². The van der Waals surface area contributed by atoms with E-state index in [-0.39, 0.29) is 24.1 Å². The lowest BCUT2D eigenvalue weighted by molar-refractivity contribution is -0.111. The van der Waals surface area contributed by atoms with E-state index in [2.05, 4.69) is 10.6 Å². The number of hydrogen-bond acceptors (Lipinski definition) is 4. The van der Waals surface area contributed by atoms with Gasteiger partial charge in [-0.1, -0.05) is 6.07 Å². The van der Waals surface area contributed by atoms with Crippen molar-refractivity contribution in [3.8, 4) is 11.5 Å². The minimum Gasteiger partial charge on any atom is -0.454 e. The molecule has 0 aliphatic carbocycles. The topological polar surface area (TPSA) is 76.7 Å². The molecule has 0 atom stereocenters. The molecule has 27 heavy (non-hydrogen) atoms. The van der Waals surface area contributed by atoms with Crippen LogP contribution >= 0.6 is 0 Å². The van der Waals surface area contributed by atoms with Crippen molar-refractivity contribution in [1.82, 2.24) is 5.32 Å². The summed E-state index contributed by atoms with van der Waals surface area (Å²) in [6.07, 6.45) is 3.14. The highest BCUT2D eigenvalue weighted by Crippen LogP contribution is 2.32. The number of carbonyl (C=O) groups is 2. The Morgan fingerprint density at radius 1 is 1.00 bits per heavy atom. The van der Waals surface area contributed by atoms with E-state index >= 15 is 0 Å². The second-order valence-corrected chi connectivity index (χ2v) is 7.22. The predicted molar refractivity (Wildman–Crippen MR) is 104 cm³/mol. The van der Waals surface area contributed by atoms with Crippen LogP contribution in [0.25, 0.3) is 6.08 Å². The Labute approximate surface area is 158 Å². The van der Waals surface area contributed by atoms with Crippen LogP contribution in [-0.4, -0.2) is 24.1 Å². The molecule has 1 heterocycles. The molecule has 0 radical (unpaired) electrons. The fourth-order valence-electron chi connectivity index (χ4n) is 2.49. The van der Waals surface area contributed by atoms with Crippen molar-refractivity contribution < 1.29 is 19.1 Å². The van der Waals surface area contributed by atoms with Gasteiger partial charge >= 0.3 is 0 Å². The average Bonchev–Trinajstić information content (AvgIpc) is 3.07. The summed E-state index contributed by atoms with van der Waals surface area (Å²) in [5.41, 5.74) is 1.69. The number of nitrogens with one attached hydrogen (secondary N) is 2. The van der Waals surface area contributed by atoms with E-state index in [1.165, 1.54) is 6.08 Å². The second kappa shape index (κ2) is 7.53. The van der Waals surface area contributed by atoms with Gasteiger partial charge in [-0.3, -0.25) is 9.59 Å². The normalized spacial score (nSPS) is 12.9. The molecule has 2 N–H and O–H groups in total. The molecule has 3 rings (SSSR count). The van der Waals surface area contributed by atoms with E-state index in [4.69, 9.17) is 9.47 Å². The summed E-state index contributed by atoms with van der Waals surface area (Å²) in [5, 5.41) is 5.66. The highest BCUT2D eigenvalue weighted by atomic mass is 16.7. The van der Waals surface area contributed by atoms with Gasteiger partial charge in [-0.05, 0) is 68.8 Å². The van der Waals surface area contributed by atoms with E-state index in [1.807, 2.05) is 32.9 Å². The van der Waals surface area contributed by atoms with Crippen LogP contribution in [0.2, 0.25) is 0 Å². The van der Waals surface area contributed by atoms with Gasteiger partial charge < -0.3 is 20.1 Å². The minimum absolute atomic E-state index is 0.150. The molecule has 0 spiro atoms. The third-order valence-corrected chi connectivity index (χ3v) is 3.73. The molecule has 0 fully saturated rings. The summed E-state index contributed by atoms with van der Waals surface area (Å²) >= 11 is 0. The number of ether oxygens (including phenoxy) is 2. The van der Waals surface area contributed by atoms with Gasteiger partial charge in [-0.15, -0.1) is 0 Å². The molecule has 0 unspecified atom stereocenters. The van der Waals surface area contributed by atoms with Crippen molar-refractivity contribution in [2.45, 2.75) is 26.3 Å². The number of fused-ring (bicyclic) bond motifs is 1.